The van der Waals surface area contributed by atoms with Gasteiger partial charge in [-0.3, -0.25) is 4.79 Å². The lowest BCUT2D eigenvalue weighted by atomic mass is 10.4. The molecule has 0 aromatic heterocycles. The summed E-state index contributed by atoms with van der Waals surface area (Å²) in [5.41, 5.74) is 0. The first-order chi connectivity index (χ1) is 4.95. The summed E-state index contributed by atoms with van der Waals surface area (Å²) in [6.07, 6.45) is -2.02. The molecular formula is C4H2O7. The summed E-state index contributed by atoms with van der Waals surface area (Å²) < 4.78 is 3.22. The molecule has 60 valence electrons. The zero-order valence-corrected chi connectivity index (χ0v) is 4.94. The summed E-state index contributed by atoms with van der Waals surface area (Å²) in [6.45, 7) is 0. The normalized spacial score (nSPS) is 8.36. The number of carbonyl (C=O) groups is 4. The number of carboxylic acid groups (broad SMARTS) is 2. The van der Waals surface area contributed by atoms with Gasteiger partial charge in [0.05, 0.1) is 0 Å². The third-order valence-electron chi connectivity index (χ3n) is 0.560. The van der Waals surface area contributed by atoms with Gasteiger partial charge in [-0.25, -0.2) is 14.4 Å². The second-order valence-corrected chi connectivity index (χ2v) is 1.29. The lowest BCUT2D eigenvalue weighted by molar-refractivity contribution is -0.159. The van der Waals surface area contributed by atoms with Crippen molar-refractivity contribution in [3.8, 4) is 0 Å². The predicted molar refractivity (Wildman–Crippen MR) is 26.8 cm³/mol. The van der Waals surface area contributed by atoms with Gasteiger partial charge in [0, 0.05) is 0 Å². The highest BCUT2D eigenvalue weighted by atomic mass is 16.7. The van der Waals surface area contributed by atoms with Crippen LogP contribution in [0.4, 0.5) is 4.79 Å². The van der Waals surface area contributed by atoms with Crippen LogP contribution in [0.1, 0.15) is 0 Å². The number of Topliss-reactive ketones (excluding diaryl/α,β-unsaturated/α-hetero) is 1. The molecule has 0 saturated heterocycles. The summed E-state index contributed by atoms with van der Waals surface area (Å²) in [4.78, 5) is 39.3. The van der Waals surface area contributed by atoms with Crippen molar-refractivity contribution in [1.82, 2.24) is 0 Å². The number of hydrogen-bond donors (Lipinski definition) is 2. The minimum atomic E-state index is -2.06. The molecule has 11 heavy (non-hydrogen) atoms. The van der Waals surface area contributed by atoms with Gasteiger partial charge in [0.2, 0.25) is 0 Å². The predicted octanol–water partition coefficient (Wildman–Crippen LogP) is -1.14. The molecule has 2 N–H and O–H groups in total. The fourth-order valence-electron chi connectivity index (χ4n) is 0.213. The van der Waals surface area contributed by atoms with E-state index in [0.717, 1.165) is 0 Å². The molecule has 0 aromatic rings. The molecule has 0 heterocycles. The van der Waals surface area contributed by atoms with E-state index < -0.39 is 23.9 Å². The Labute approximate surface area is 59.2 Å². The highest BCUT2D eigenvalue weighted by Gasteiger charge is 2.25. The van der Waals surface area contributed by atoms with Gasteiger partial charge < -0.3 is 14.9 Å². The number of ether oxygens (including phenoxy) is 1. The van der Waals surface area contributed by atoms with E-state index in [9.17, 15) is 19.2 Å². The Morgan fingerprint density at radius 2 is 1.45 bits per heavy atom. The van der Waals surface area contributed by atoms with Gasteiger partial charge in [0.1, 0.15) is 0 Å². The first-order valence-corrected chi connectivity index (χ1v) is 2.17. The minimum Gasteiger partial charge on any atom is -0.475 e. The molecular weight excluding hydrogens is 160 g/mol. The van der Waals surface area contributed by atoms with Gasteiger partial charge in [0.15, 0.2) is 0 Å². The van der Waals surface area contributed by atoms with Gasteiger partial charge in [0.25, 0.3) is 0 Å². The monoisotopic (exact) mass is 162 g/mol. The van der Waals surface area contributed by atoms with E-state index in [1.165, 1.54) is 0 Å². The average Bonchev–Trinajstić information content (AvgIpc) is 1.84. The first kappa shape index (κ1) is 9.08. The molecule has 0 fully saturated rings. The van der Waals surface area contributed by atoms with Gasteiger partial charge >= 0.3 is 23.9 Å². The molecule has 0 rings (SSSR count). The van der Waals surface area contributed by atoms with E-state index in [1.807, 2.05) is 0 Å². The minimum absolute atomic E-state index is 1.92. The maximum Gasteiger partial charge on any atom is 0.513 e. The van der Waals surface area contributed by atoms with Crippen molar-refractivity contribution in [3.05, 3.63) is 0 Å². The van der Waals surface area contributed by atoms with Crippen molar-refractivity contribution in [2.45, 2.75) is 0 Å². The van der Waals surface area contributed by atoms with E-state index in [2.05, 4.69) is 4.74 Å². The standard InChI is InChI=1S/C4H2O7/c5-1(2(6)7)3(8)11-4(9)10/h(H,6,7)(H,9,10). The molecule has 0 unspecified atom stereocenters. The van der Waals surface area contributed by atoms with Gasteiger partial charge in [-0.2, -0.15) is 0 Å². The second kappa shape index (κ2) is 3.30. The third kappa shape index (κ3) is 2.94. The number of ketones is 1. The summed E-state index contributed by atoms with van der Waals surface area (Å²) in [5, 5.41) is 15.5. The Kier molecular flexibility index (Phi) is 2.72. The molecule has 0 radical (unpaired) electrons. The lowest BCUT2D eigenvalue weighted by Gasteiger charge is -1.91. The highest BCUT2D eigenvalue weighted by Crippen LogP contribution is 1.82. The molecule has 0 saturated carbocycles. The van der Waals surface area contributed by atoms with Crippen LogP contribution in [0.15, 0.2) is 0 Å². The molecule has 0 aliphatic carbocycles. The molecule has 0 amide bonds. The molecule has 0 bridgehead atoms. The fraction of sp³-hybridized carbons (Fsp3) is 0. The number of rotatable bonds is 2. The Morgan fingerprint density at radius 3 is 1.73 bits per heavy atom. The fourth-order valence-corrected chi connectivity index (χ4v) is 0.213. The van der Waals surface area contributed by atoms with E-state index in [1.54, 1.807) is 0 Å². The van der Waals surface area contributed by atoms with Crippen molar-refractivity contribution in [1.29, 1.82) is 0 Å². The number of hydrogen-bond acceptors (Lipinski definition) is 5. The van der Waals surface area contributed by atoms with Crippen molar-refractivity contribution in [2.75, 3.05) is 0 Å². The largest absolute Gasteiger partial charge is 0.513 e. The summed E-state index contributed by atoms with van der Waals surface area (Å²) in [6, 6.07) is 0. The lowest BCUT2D eigenvalue weighted by Crippen LogP contribution is -2.27. The maximum atomic E-state index is 10.1. The number of aliphatic carboxylic acids is 1. The van der Waals surface area contributed by atoms with Crippen LogP contribution in [0.3, 0.4) is 0 Å². The van der Waals surface area contributed by atoms with Gasteiger partial charge in [-0.1, -0.05) is 0 Å². The second-order valence-electron chi connectivity index (χ2n) is 1.29. The van der Waals surface area contributed by atoms with Crippen LogP contribution in [-0.4, -0.2) is 34.1 Å². The van der Waals surface area contributed by atoms with Crippen LogP contribution in [0.2, 0.25) is 0 Å². The van der Waals surface area contributed by atoms with Crippen LogP contribution in [-0.2, 0) is 19.1 Å². The van der Waals surface area contributed by atoms with Crippen LogP contribution in [0.5, 0.6) is 0 Å². The molecule has 0 atom stereocenters. The molecule has 0 aliphatic heterocycles. The zero-order chi connectivity index (χ0) is 9.02. The van der Waals surface area contributed by atoms with Crippen LogP contribution in [0, 0.1) is 0 Å². The molecule has 7 heteroatoms. The van der Waals surface area contributed by atoms with E-state index in [4.69, 9.17) is 10.2 Å². The van der Waals surface area contributed by atoms with Crippen LogP contribution >= 0.6 is 0 Å². The number of carboxylic acids is 1. The molecule has 0 aromatic carbocycles. The smallest absolute Gasteiger partial charge is 0.475 e. The van der Waals surface area contributed by atoms with E-state index in [-0.39, 0.29) is 0 Å². The topological polar surface area (TPSA) is 118 Å². The Morgan fingerprint density at radius 1 is 1.00 bits per heavy atom. The summed E-state index contributed by atoms with van der Waals surface area (Å²) in [7, 11) is 0. The summed E-state index contributed by atoms with van der Waals surface area (Å²) in [5.74, 6) is -5.91. The van der Waals surface area contributed by atoms with E-state index >= 15 is 0 Å². The van der Waals surface area contributed by atoms with Crippen LogP contribution in [0.25, 0.3) is 0 Å². The van der Waals surface area contributed by atoms with Gasteiger partial charge in [-0.15, -0.1) is 0 Å². The molecule has 0 spiro atoms. The number of carbonyl (C=O) groups excluding carboxylic acids is 2. The van der Waals surface area contributed by atoms with Crippen molar-refractivity contribution < 1.29 is 34.1 Å². The highest BCUT2D eigenvalue weighted by molar-refractivity contribution is 6.60. The Balaban J connectivity index is 4.16. The van der Waals surface area contributed by atoms with Crippen LogP contribution < -0.4 is 0 Å². The van der Waals surface area contributed by atoms with Gasteiger partial charge in [-0.05, 0) is 0 Å². The summed E-state index contributed by atoms with van der Waals surface area (Å²) >= 11 is 0. The zero-order valence-electron chi connectivity index (χ0n) is 4.94. The SMILES string of the molecule is O=C(O)OC(=O)C(=O)C(=O)O. The number of esters is 1. The molecule has 0 aliphatic rings. The quantitative estimate of drug-likeness (QED) is 0.299. The average molecular weight is 162 g/mol. The van der Waals surface area contributed by atoms with Crippen molar-refractivity contribution in [3.63, 3.8) is 0 Å². The molecule has 7 nitrogen and oxygen atoms in total. The maximum absolute atomic E-state index is 10.1. The third-order valence-corrected chi connectivity index (χ3v) is 0.560. The van der Waals surface area contributed by atoms with Crippen molar-refractivity contribution >= 4 is 23.9 Å². The Bertz CT molecular complexity index is 227. The van der Waals surface area contributed by atoms with E-state index in [0.29, 0.717) is 0 Å². The first-order valence-electron chi connectivity index (χ1n) is 2.17. The Hall–Kier alpha value is -1.92. The van der Waals surface area contributed by atoms with Crippen molar-refractivity contribution in [2.24, 2.45) is 0 Å².